The Morgan fingerprint density at radius 3 is 2.96 bits per heavy atom. The Bertz CT molecular complexity index is 734. The molecule has 2 unspecified atom stereocenters. The van der Waals surface area contributed by atoms with Gasteiger partial charge in [-0.1, -0.05) is 22.4 Å². The van der Waals surface area contributed by atoms with E-state index in [1.807, 2.05) is 19.1 Å². The quantitative estimate of drug-likeness (QED) is 0.791. The average Bonchev–Trinajstić information content (AvgIpc) is 2.55. The number of hydrogen-bond donors (Lipinski definition) is 1. The largest absolute Gasteiger partial charge is 0.482 e. The van der Waals surface area contributed by atoms with Crippen molar-refractivity contribution < 1.29 is 19.1 Å². The van der Waals surface area contributed by atoms with Gasteiger partial charge >= 0.3 is 0 Å². The number of halogens is 1. The summed E-state index contributed by atoms with van der Waals surface area (Å²) < 4.78 is 12.2. The number of ether oxygens (including phenoxy) is 2. The number of amides is 2. The summed E-state index contributed by atoms with van der Waals surface area (Å²) >= 11 is 3.40. The number of carbonyl (C=O) groups excluding carboxylic acids is 2. The van der Waals surface area contributed by atoms with E-state index < -0.39 is 0 Å². The second-order valence-electron chi connectivity index (χ2n) is 7.27. The molecule has 2 saturated carbocycles. The lowest BCUT2D eigenvalue weighted by atomic mass is 9.51. The third-order valence-electron chi connectivity index (χ3n) is 5.94. The maximum absolute atomic E-state index is 12.6. The number of fused-ring (bicyclic) bond motifs is 1. The van der Waals surface area contributed by atoms with Crippen LogP contribution in [0.25, 0.3) is 0 Å². The highest BCUT2D eigenvalue weighted by Crippen LogP contribution is 2.57. The molecule has 26 heavy (non-hydrogen) atoms. The summed E-state index contributed by atoms with van der Waals surface area (Å²) in [7, 11) is 0. The molecule has 1 aliphatic heterocycles. The molecule has 1 aromatic carbocycles. The number of benzene rings is 1. The SMILES string of the molecule is CCOC1CC(NC(=O)CN2C(=O)COc3cc(Br)ccc32)C12CCC2. The van der Waals surface area contributed by atoms with Crippen LogP contribution in [0.3, 0.4) is 0 Å². The molecule has 1 spiro atoms. The van der Waals surface area contributed by atoms with Crippen molar-refractivity contribution in [2.24, 2.45) is 5.41 Å². The fourth-order valence-corrected chi connectivity index (χ4v) is 4.72. The lowest BCUT2D eigenvalue weighted by Gasteiger charge is -2.61. The third kappa shape index (κ3) is 2.91. The Hall–Kier alpha value is -1.60. The van der Waals surface area contributed by atoms with E-state index in [9.17, 15) is 9.59 Å². The second kappa shape index (κ2) is 6.85. The third-order valence-corrected chi connectivity index (χ3v) is 6.43. The van der Waals surface area contributed by atoms with Gasteiger partial charge < -0.3 is 14.8 Å². The van der Waals surface area contributed by atoms with Crippen molar-refractivity contribution in [3.63, 3.8) is 0 Å². The van der Waals surface area contributed by atoms with Crippen LogP contribution in [-0.4, -0.2) is 43.7 Å². The van der Waals surface area contributed by atoms with Gasteiger partial charge in [0.15, 0.2) is 6.61 Å². The van der Waals surface area contributed by atoms with Crippen LogP contribution in [-0.2, 0) is 14.3 Å². The summed E-state index contributed by atoms with van der Waals surface area (Å²) in [6.45, 7) is 2.69. The van der Waals surface area contributed by atoms with E-state index >= 15 is 0 Å². The Balaban J connectivity index is 1.42. The van der Waals surface area contributed by atoms with Gasteiger partial charge in [0.05, 0.1) is 11.8 Å². The molecule has 1 N–H and O–H groups in total. The zero-order chi connectivity index (χ0) is 18.3. The molecule has 0 radical (unpaired) electrons. The molecule has 0 saturated heterocycles. The minimum Gasteiger partial charge on any atom is -0.482 e. The molecule has 1 heterocycles. The molecule has 140 valence electrons. The van der Waals surface area contributed by atoms with Crippen LogP contribution in [0.5, 0.6) is 5.75 Å². The number of rotatable bonds is 5. The zero-order valence-corrected chi connectivity index (χ0v) is 16.4. The van der Waals surface area contributed by atoms with Crippen molar-refractivity contribution in [2.75, 3.05) is 24.7 Å². The van der Waals surface area contributed by atoms with Gasteiger partial charge in [0.2, 0.25) is 5.91 Å². The summed E-state index contributed by atoms with van der Waals surface area (Å²) in [5, 5.41) is 3.14. The predicted octanol–water partition coefficient (Wildman–Crippen LogP) is 2.64. The second-order valence-corrected chi connectivity index (χ2v) is 8.18. The number of hydrogen-bond acceptors (Lipinski definition) is 4. The maximum atomic E-state index is 12.6. The van der Waals surface area contributed by atoms with E-state index in [0.717, 1.165) is 23.7 Å². The molecule has 3 aliphatic rings. The molecule has 2 aliphatic carbocycles. The Morgan fingerprint density at radius 2 is 2.27 bits per heavy atom. The van der Waals surface area contributed by atoms with Crippen molar-refractivity contribution in [3.8, 4) is 5.75 Å². The summed E-state index contributed by atoms with van der Waals surface area (Å²) in [6, 6.07) is 5.61. The van der Waals surface area contributed by atoms with E-state index in [1.165, 1.54) is 11.3 Å². The Morgan fingerprint density at radius 1 is 1.46 bits per heavy atom. The van der Waals surface area contributed by atoms with Gasteiger partial charge in [-0.25, -0.2) is 0 Å². The monoisotopic (exact) mass is 422 g/mol. The first-order valence-electron chi connectivity index (χ1n) is 9.17. The fraction of sp³-hybridized carbons (Fsp3) is 0.579. The lowest BCUT2D eigenvalue weighted by Crippen LogP contribution is -2.68. The predicted molar refractivity (Wildman–Crippen MR) is 100 cm³/mol. The van der Waals surface area contributed by atoms with Gasteiger partial charge in [-0.3, -0.25) is 14.5 Å². The first-order chi connectivity index (χ1) is 12.5. The van der Waals surface area contributed by atoms with E-state index in [1.54, 1.807) is 6.07 Å². The number of carbonyl (C=O) groups is 2. The molecule has 4 rings (SSSR count). The molecule has 1 aromatic rings. The van der Waals surface area contributed by atoms with Crippen LogP contribution in [0.15, 0.2) is 22.7 Å². The number of anilines is 1. The highest BCUT2D eigenvalue weighted by Gasteiger charge is 2.59. The Kier molecular flexibility index (Phi) is 4.69. The van der Waals surface area contributed by atoms with Crippen LogP contribution < -0.4 is 15.0 Å². The van der Waals surface area contributed by atoms with E-state index in [0.29, 0.717) is 18.0 Å². The topological polar surface area (TPSA) is 67.9 Å². The maximum Gasteiger partial charge on any atom is 0.265 e. The van der Waals surface area contributed by atoms with Crippen molar-refractivity contribution >= 4 is 33.4 Å². The van der Waals surface area contributed by atoms with Crippen molar-refractivity contribution in [3.05, 3.63) is 22.7 Å². The summed E-state index contributed by atoms with van der Waals surface area (Å²) in [5.74, 6) is 0.289. The van der Waals surface area contributed by atoms with Crippen LogP contribution in [0, 0.1) is 5.41 Å². The van der Waals surface area contributed by atoms with Gasteiger partial charge in [0, 0.05) is 22.5 Å². The molecule has 2 atom stereocenters. The molecular formula is C19H23BrN2O4. The van der Waals surface area contributed by atoms with Crippen LogP contribution >= 0.6 is 15.9 Å². The van der Waals surface area contributed by atoms with Gasteiger partial charge in [0.25, 0.3) is 5.91 Å². The minimum absolute atomic E-state index is 0.0166. The first kappa shape index (κ1) is 17.8. The van der Waals surface area contributed by atoms with E-state index in [4.69, 9.17) is 9.47 Å². The highest BCUT2D eigenvalue weighted by atomic mass is 79.9. The Labute approximate surface area is 161 Å². The van der Waals surface area contributed by atoms with Crippen LogP contribution in [0.1, 0.15) is 32.6 Å². The van der Waals surface area contributed by atoms with E-state index in [-0.39, 0.29) is 42.5 Å². The molecular weight excluding hydrogens is 400 g/mol. The van der Waals surface area contributed by atoms with Gasteiger partial charge in [0.1, 0.15) is 12.3 Å². The minimum atomic E-state index is -0.200. The fourth-order valence-electron chi connectivity index (χ4n) is 4.38. The van der Waals surface area contributed by atoms with Crippen LogP contribution in [0.4, 0.5) is 5.69 Å². The normalized spacial score (nSPS) is 25.8. The van der Waals surface area contributed by atoms with Gasteiger partial charge in [-0.2, -0.15) is 0 Å². The van der Waals surface area contributed by atoms with Crippen molar-refractivity contribution in [1.29, 1.82) is 0 Å². The molecule has 0 aromatic heterocycles. The average molecular weight is 423 g/mol. The first-order valence-corrected chi connectivity index (χ1v) is 9.96. The molecule has 7 heteroatoms. The zero-order valence-electron chi connectivity index (χ0n) is 14.8. The standard InChI is InChI=1S/C19H23BrN2O4/c1-2-25-16-9-15(19(16)6-3-7-19)21-17(23)10-22-13-5-4-12(20)8-14(13)26-11-18(22)24/h4-5,8,15-16H,2-3,6-7,9-11H2,1H3,(H,21,23). The van der Waals surface area contributed by atoms with Gasteiger partial charge in [-0.05, 0) is 44.4 Å². The molecule has 6 nitrogen and oxygen atoms in total. The van der Waals surface area contributed by atoms with Crippen molar-refractivity contribution in [2.45, 2.75) is 44.8 Å². The summed E-state index contributed by atoms with van der Waals surface area (Å²) in [4.78, 5) is 26.4. The summed E-state index contributed by atoms with van der Waals surface area (Å²) in [5.41, 5.74) is 0.752. The van der Waals surface area contributed by atoms with Gasteiger partial charge in [-0.15, -0.1) is 0 Å². The summed E-state index contributed by atoms with van der Waals surface area (Å²) in [6.07, 6.45) is 4.53. The van der Waals surface area contributed by atoms with E-state index in [2.05, 4.69) is 21.2 Å². The van der Waals surface area contributed by atoms with Crippen molar-refractivity contribution in [1.82, 2.24) is 5.32 Å². The number of nitrogens with zero attached hydrogens (tertiary/aromatic N) is 1. The molecule has 2 amide bonds. The van der Waals surface area contributed by atoms with Crippen LogP contribution in [0.2, 0.25) is 0 Å². The molecule has 2 fully saturated rings. The lowest BCUT2D eigenvalue weighted by molar-refractivity contribution is -0.175. The smallest absolute Gasteiger partial charge is 0.265 e. The number of nitrogens with one attached hydrogen (secondary N) is 1. The molecule has 0 bridgehead atoms. The highest BCUT2D eigenvalue weighted by molar-refractivity contribution is 9.10.